The zero-order chi connectivity index (χ0) is 19.4. The van der Waals surface area contributed by atoms with Gasteiger partial charge >= 0.3 is 6.09 Å². The normalized spacial score (nSPS) is 11.9. The Labute approximate surface area is 160 Å². The van der Waals surface area contributed by atoms with Crippen molar-refractivity contribution in [1.29, 1.82) is 0 Å². The van der Waals surface area contributed by atoms with Crippen LogP contribution in [0, 0.1) is 0 Å². The lowest BCUT2D eigenvalue weighted by atomic mass is 10.2. The minimum atomic E-state index is -1.93. The first-order chi connectivity index (χ1) is 12.1. The summed E-state index contributed by atoms with van der Waals surface area (Å²) in [5.41, 5.74) is 1.29. The minimum Gasteiger partial charge on any atom is -0.412 e. The summed E-state index contributed by atoms with van der Waals surface area (Å²) in [7, 11) is -1.93. The van der Waals surface area contributed by atoms with Gasteiger partial charge in [-0.2, -0.15) is 0 Å². The fraction of sp³-hybridized carbons (Fsp3) is 0.368. The smallest absolute Gasteiger partial charge is 0.412 e. The standard InChI is InChI=1S/C19H25ClN2O3Si/c1-19(2,3)26(4,5)24-13-14-12-21-17(20)11-16(14)22-18(23)25-15-9-7-6-8-10-15/h6-12H,13H2,1-5H3,(H,21,22,23). The molecule has 0 radical (unpaired) electrons. The molecule has 5 nitrogen and oxygen atoms in total. The summed E-state index contributed by atoms with van der Waals surface area (Å²) in [5, 5.41) is 3.10. The molecular formula is C19H25ClN2O3Si. The largest absolute Gasteiger partial charge is 0.417 e. The maximum atomic E-state index is 12.2. The zero-order valence-corrected chi connectivity index (χ0v) is 17.6. The molecule has 1 N–H and O–H groups in total. The fourth-order valence-corrected chi connectivity index (χ4v) is 3.00. The Bertz CT molecular complexity index is 761. The van der Waals surface area contributed by atoms with E-state index in [1.165, 1.54) is 0 Å². The van der Waals surface area contributed by atoms with E-state index in [0.717, 1.165) is 5.56 Å². The van der Waals surface area contributed by atoms with Crippen LogP contribution in [0.1, 0.15) is 26.3 Å². The third kappa shape index (κ3) is 5.55. The molecule has 0 aliphatic carbocycles. The van der Waals surface area contributed by atoms with Crippen LogP contribution in [0.4, 0.5) is 10.5 Å². The van der Waals surface area contributed by atoms with Gasteiger partial charge in [0.15, 0.2) is 8.32 Å². The number of carbonyl (C=O) groups is 1. The van der Waals surface area contributed by atoms with E-state index >= 15 is 0 Å². The van der Waals surface area contributed by atoms with E-state index < -0.39 is 14.4 Å². The van der Waals surface area contributed by atoms with Crippen LogP contribution < -0.4 is 10.1 Å². The van der Waals surface area contributed by atoms with Crippen molar-refractivity contribution >= 4 is 31.7 Å². The molecule has 0 atom stereocenters. The number of rotatable bonds is 5. The summed E-state index contributed by atoms with van der Waals surface area (Å²) in [6, 6.07) is 10.5. The van der Waals surface area contributed by atoms with Crippen molar-refractivity contribution < 1.29 is 14.0 Å². The second-order valence-electron chi connectivity index (χ2n) is 7.54. The average Bonchev–Trinajstić information content (AvgIpc) is 2.54. The molecule has 140 valence electrons. The van der Waals surface area contributed by atoms with Crippen LogP contribution in [0.5, 0.6) is 5.75 Å². The number of carbonyl (C=O) groups excluding carboxylic acids is 1. The van der Waals surface area contributed by atoms with Gasteiger partial charge in [-0.25, -0.2) is 9.78 Å². The van der Waals surface area contributed by atoms with Gasteiger partial charge in [-0.05, 0) is 36.3 Å². The van der Waals surface area contributed by atoms with Crippen molar-refractivity contribution in [2.75, 3.05) is 5.32 Å². The number of aromatic nitrogens is 1. The fourth-order valence-electron chi connectivity index (χ4n) is 1.90. The van der Waals surface area contributed by atoms with E-state index in [1.54, 1.807) is 36.5 Å². The first-order valence-corrected chi connectivity index (χ1v) is 11.7. The summed E-state index contributed by atoms with van der Waals surface area (Å²) in [5.74, 6) is 0.462. The monoisotopic (exact) mass is 392 g/mol. The highest BCUT2D eigenvalue weighted by Crippen LogP contribution is 2.37. The molecule has 2 aromatic rings. The third-order valence-electron chi connectivity index (χ3n) is 4.54. The number of pyridine rings is 1. The number of hydrogen-bond donors (Lipinski definition) is 1. The maximum Gasteiger partial charge on any atom is 0.417 e. The lowest BCUT2D eigenvalue weighted by Crippen LogP contribution is -2.40. The zero-order valence-electron chi connectivity index (χ0n) is 15.8. The predicted octanol–water partition coefficient (Wildman–Crippen LogP) is 5.87. The number of amides is 1. The van der Waals surface area contributed by atoms with Gasteiger partial charge < -0.3 is 9.16 Å². The quantitative estimate of drug-likeness (QED) is 0.510. The molecule has 7 heteroatoms. The van der Waals surface area contributed by atoms with Gasteiger partial charge in [0.25, 0.3) is 0 Å². The van der Waals surface area contributed by atoms with Crippen molar-refractivity contribution in [1.82, 2.24) is 4.98 Å². The topological polar surface area (TPSA) is 60.5 Å². The van der Waals surface area contributed by atoms with E-state index in [-0.39, 0.29) is 10.2 Å². The Morgan fingerprint density at radius 3 is 2.50 bits per heavy atom. The highest BCUT2D eigenvalue weighted by Gasteiger charge is 2.37. The molecule has 0 bridgehead atoms. The summed E-state index contributed by atoms with van der Waals surface area (Å²) in [6.45, 7) is 11.2. The molecule has 0 unspecified atom stereocenters. The first kappa shape index (κ1) is 20.4. The third-order valence-corrected chi connectivity index (χ3v) is 9.22. The number of para-hydroxylation sites is 1. The molecule has 0 aliphatic heterocycles. The number of ether oxygens (including phenoxy) is 1. The maximum absolute atomic E-state index is 12.2. The molecule has 26 heavy (non-hydrogen) atoms. The van der Waals surface area contributed by atoms with E-state index in [4.69, 9.17) is 20.8 Å². The molecule has 0 saturated carbocycles. The van der Waals surface area contributed by atoms with Gasteiger partial charge in [-0.15, -0.1) is 0 Å². The summed E-state index contributed by atoms with van der Waals surface area (Å²) < 4.78 is 11.5. The van der Waals surface area contributed by atoms with Gasteiger partial charge in [-0.1, -0.05) is 50.6 Å². The van der Waals surface area contributed by atoms with Crippen LogP contribution in [0.3, 0.4) is 0 Å². The highest BCUT2D eigenvalue weighted by molar-refractivity contribution is 6.74. The van der Waals surface area contributed by atoms with E-state index in [1.807, 2.05) is 6.07 Å². The number of hydrogen-bond acceptors (Lipinski definition) is 4. The van der Waals surface area contributed by atoms with Gasteiger partial charge in [0.1, 0.15) is 10.9 Å². The average molecular weight is 393 g/mol. The number of halogens is 1. The van der Waals surface area contributed by atoms with Crippen LogP contribution in [0.2, 0.25) is 23.3 Å². The molecule has 0 saturated heterocycles. The SMILES string of the molecule is CC(C)(C)[Si](C)(C)OCc1cnc(Cl)cc1NC(=O)Oc1ccccc1. The van der Waals surface area contributed by atoms with Gasteiger partial charge in [0.2, 0.25) is 0 Å². The molecule has 1 heterocycles. The second-order valence-corrected chi connectivity index (χ2v) is 12.7. The summed E-state index contributed by atoms with van der Waals surface area (Å²) in [4.78, 5) is 16.3. The molecular weight excluding hydrogens is 368 g/mol. The van der Waals surface area contributed by atoms with Crippen molar-refractivity contribution in [2.45, 2.75) is 45.5 Å². The molecule has 0 fully saturated rings. The van der Waals surface area contributed by atoms with E-state index in [2.05, 4.69) is 44.2 Å². The van der Waals surface area contributed by atoms with Crippen LogP contribution in [-0.2, 0) is 11.0 Å². The number of nitrogens with zero attached hydrogens (tertiary/aromatic N) is 1. The van der Waals surface area contributed by atoms with Gasteiger partial charge in [0, 0.05) is 11.8 Å². The van der Waals surface area contributed by atoms with E-state index in [9.17, 15) is 4.79 Å². The van der Waals surface area contributed by atoms with Crippen LogP contribution in [-0.4, -0.2) is 19.4 Å². The van der Waals surface area contributed by atoms with Crippen molar-refractivity contribution in [3.63, 3.8) is 0 Å². The summed E-state index contributed by atoms with van der Waals surface area (Å²) in [6.07, 6.45) is 1.03. The predicted molar refractivity (Wildman–Crippen MR) is 107 cm³/mol. The van der Waals surface area contributed by atoms with Gasteiger partial charge in [-0.3, -0.25) is 5.32 Å². The van der Waals surface area contributed by atoms with Crippen LogP contribution >= 0.6 is 11.6 Å². The molecule has 1 amide bonds. The van der Waals surface area contributed by atoms with E-state index in [0.29, 0.717) is 18.0 Å². The number of nitrogens with one attached hydrogen (secondary N) is 1. The Balaban J connectivity index is 2.11. The molecule has 1 aromatic heterocycles. The van der Waals surface area contributed by atoms with Gasteiger partial charge in [0.05, 0.1) is 12.3 Å². The van der Waals surface area contributed by atoms with Crippen LogP contribution in [0.15, 0.2) is 42.6 Å². The highest BCUT2D eigenvalue weighted by atomic mass is 35.5. The lowest BCUT2D eigenvalue weighted by molar-refractivity contribution is 0.215. The summed E-state index contributed by atoms with van der Waals surface area (Å²) >= 11 is 5.99. The Kier molecular flexibility index (Phi) is 6.44. The van der Waals surface area contributed by atoms with Crippen molar-refractivity contribution in [2.24, 2.45) is 0 Å². The van der Waals surface area contributed by atoms with Crippen molar-refractivity contribution in [3.8, 4) is 5.75 Å². The Morgan fingerprint density at radius 2 is 1.88 bits per heavy atom. The first-order valence-electron chi connectivity index (χ1n) is 8.41. The van der Waals surface area contributed by atoms with Crippen molar-refractivity contribution in [3.05, 3.63) is 53.3 Å². The number of anilines is 1. The lowest BCUT2D eigenvalue weighted by Gasteiger charge is -2.36. The molecule has 0 aliphatic rings. The second kappa shape index (κ2) is 8.20. The minimum absolute atomic E-state index is 0.0900. The Hall–Kier alpha value is -1.89. The Morgan fingerprint density at radius 1 is 1.23 bits per heavy atom. The van der Waals surface area contributed by atoms with Crippen LogP contribution in [0.25, 0.3) is 0 Å². The number of benzene rings is 1. The molecule has 2 rings (SSSR count). The molecule has 1 aromatic carbocycles. The molecule has 0 spiro atoms.